The van der Waals surface area contributed by atoms with Crippen LogP contribution in [0.4, 0.5) is 0 Å². The summed E-state index contributed by atoms with van der Waals surface area (Å²) < 4.78 is 17.3. The number of methoxy groups -OCH3 is 2. The van der Waals surface area contributed by atoms with E-state index in [4.69, 9.17) is 24.9 Å². The van der Waals surface area contributed by atoms with Crippen LogP contribution in [0.2, 0.25) is 0 Å². The Labute approximate surface area is 179 Å². The minimum absolute atomic E-state index is 0.154. The van der Waals surface area contributed by atoms with E-state index in [0.29, 0.717) is 25.0 Å². The van der Waals surface area contributed by atoms with Crippen molar-refractivity contribution in [2.75, 3.05) is 27.4 Å². The molecule has 1 heterocycles. The molecule has 0 fully saturated rings. The number of ether oxygens (including phenoxy) is 3. The van der Waals surface area contributed by atoms with Gasteiger partial charge in [-0.1, -0.05) is 36.4 Å². The van der Waals surface area contributed by atoms with Crippen LogP contribution in [0.3, 0.4) is 0 Å². The van der Waals surface area contributed by atoms with Crippen molar-refractivity contribution in [2.24, 2.45) is 16.6 Å². The molecule has 0 radical (unpaired) electrons. The number of rotatable bonds is 6. The highest BCUT2D eigenvalue weighted by atomic mass is 16.5. The SMILES string of the molecule is COc1ccc2c(c1OC)CC(c1ccccc1)C(CC1=NC(C)(C)CO1)C2CN. The predicted molar refractivity (Wildman–Crippen MR) is 120 cm³/mol. The summed E-state index contributed by atoms with van der Waals surface area (Å²) in [5.74, 6) is 3.23. The summed E-state index contributed by atoms with van der Waals surface area (Å²) in [7, 11) is 3.39. The van der Waals surface area contributed by atoms with E-state index >= 15 is 0 Å². The van der Waals surface area contributed by atoms with Gasteiger partial charge in [0.25, 0.3) is 0 Å². The second kappa shape index (κ2) is 8.31. The fourth-order valence-electron chi connectivity index (χ4n) is 5.07. The van der Waals surface area contributed by atoms with Crippen molar-refractivity contribution in [3.05, 3.63) is 59.2 Å². The van der Waals surface area contributed by atoms with Gasteiger partial charge in [0.2, 0.25) is 0 Å². The smallest absolute Gasteiger partial charge is 0.184 e. The molecule has 3 atom stereocenters. The van der Waals surface area contributed by atoms with Crippen molar-refractivity contribution in [3.63, 3.8) is 0 Å². The molecule has 2 aromatic rings. The fraction of sp³-hybridized carbons (Fsp3) is 0.480. The number of fused-ring (bicyclic) bond motifs is 1. The molecule has 30 heavy (non-hydrogen) atoms. The lowest BCUT2D eigenvalue weighted by Gasteiger charge is -2.40. The highest BCUT2D eigenvalue weighted by Crippen LogP contribution is 2.50. The van der Waals surface area contributed by atoms with E-state index in [0.717, 1.165) is 30.2 Å². The van der Waals surface area contributed by atoms with Gasteiger partial charge in [-0.2, -0.15) is 0 Å². The zero-order chi connectivity index (χ0) is 21.3. The number of nitrogens with zero attached hydrogens (tertiary/aromatic N) is 1. The molecule has 0 bridgehead atoms. The maximum absolute atomic E-state index is 6.39. The first kappa shape index (κ1) is 20.7. The van der Waals surface area contributed by atoms with Gasteiger partial charge in [-0.25, -0.2) is 4.99 Å². The minimum atomic E-state index is -0.154. The molecular weight excluding hydrogens is 376 g/mol. The van der Waals surface area contributed by atoms with E-state index in [1.807, 2.05) is 6.07 Å². The molecule has 0 amide bonds. The van der Waals surface area contributed by atoms with Gasteiger partial charge in [-0.3, -0.25) is 0 Å². The lowest BCUT2D eigenvalue weighted by atomic mass is 9.65. The molecule has 2 aliphatic rings. The zero-order valence-corrected chi connectivity index (χ0v) is 18.4. The summed E-state index contributed by atoms with van der Waals surface area (Å²) in [6, 6.07) is 14.8. The third kappa shape index (κ3) is 3.79. The van der Waals surface area contributed by atoms with Crippen LogP contribution in [0.15, 0.2) is 47.5 Å². The Morgan fingerprint density at radius 1 is 1.10 bits per heavy atom. The van der Waals surface area contributed by atoms with Crippen LogP contribution in [0.5, 0.6) is 11.5 Å². The Hall–Kier alpha value is -2.53. The van der Waals surface area contributed by atoms with Gasteiger partial charge in [0.05, 0.1) is 19.8 Å². The number of hydrogen-bond donors (Lipinski definition) is 1. The Kier molecular flexibility index (Phi) is 5.74. The Morgan fingerprint density at radius 3 is 2.47 bits per heavy atom. The fourth-order valence-corrected chi connectivity index (χ4v) is 5.07. The van der Waals surface area contributed by atoms with E-state index in [1.54, 1.807) is 14.2 Å². The van der Waals surface area contributed by atoms with Gasteiger partial charge in [-0.15, -0.1) is 0 Å². The third-order valence-electron chi connectivity index (χ3n) is 6.45. The van der Waals surface area contributed by atoms with Crippen molar-refractivity contribution < 1.29 is 14.2 Å². The van der Waals surface area contributed by atoms with Crippen LogP contribution in [0.1, 0.15) is 48.8 Å². The number of nitrogens with two attached hydrogens (primary N) is 1. The molecule has 0 spiro atoms. The van der Waals surface area contributed by atoms with Crippen LogP contribution in [-0.4, -0.2) is 38.8 Å². The predicted octanol–water partition coefficient (Wildman–Crippen LogP) is 4.30. The topological polar surface area (TPSA) is 66.1 Å². The van der Waals surface area contributed by atoms with E-state index in [9.17, 15) is 0 Å². The molecular formula is C25H32N2O3. The Balaban J connectivity index is 1.80. The summed E-state index contributed by atoms with van der Waals surface area (Å²) >= 11 is 0. The largest absolute Gasteiger partial charge is 0.493 e. The maximum Gasteiger partial charge on any atom is 0.184 e. The van der Waals surface area contributed by atoms with Gasteiger partial charge in [-0.05, 0) is 55.8 Å². The van der Waals surface area contributed by atoms with Gasteiger partial charge in [0.1, 0.15) is 6.61 Å². The first-order chi connectivity index (χ1) is 14.5. The highest BCUT2D eigenvalue weighted by molar-refractivity contribution is 5.79. The number of hydrogen-bond acceptors (Lipinski definition) is 5. The lowest BCUT2D eigenvalue weighted by Crippen LogP contribution is -2.34. The van der Waals surface area contributed by atoms with Crippen molar-refractivity contribution in [3.8, 4) is 11.5 Å². The van der Waals surface area contributed by atoms with Gasteiger partial charge in [0, 0.05) is 17.9 Å². The molecule has 4 rings (SSSR count). The van der Waals surface area contributed by atoms with Gasteiger partial charge >= 0.3 is 0 Å². The molecule has 0 saturated carbocycles. The van der Waals surface area contributed by atoms with Crippen LogP contribution in [0.25, 0.3) is 0 Å². The molecule has 5 heteroatoms. The van der Waals surface area contributed by atoms with E-state index < -0.39 is 0 Å². The van der Waals surface area contributed by atoms with Crippen LogP contribution < -0.4 is 15.2 Å². The average molecular weight is 409 g/mol. The van der Waals surface area contributed by atoms with Crippen LogP contribution in [0, 0.1) is 5.92 Å². The average Bonchev–Trinajstić information content (AvgIpc) is 3.11. The van der Waals surface area contributed by atoms with Crippen molar-refractivity contribution >= 4 is 5.90 Å². The minimum Gasteiger partial charge on any atom is -0.493 e. The molecule has 3 unspecified atom stereocenters. The quantitative estimate of drug-likeness (QED) is 0.774. The van der Waals surface area contributed by atoms with Crippen LogP contribution in [-0.2, 0) is 11.2 Å². The molecule has 2 aromatic carbocycles. The molecule has 160 valence electrons. The highest BCUT2D eigenvalue weighted by Gasteiger charge is 2.41. The normalized spacial score (nSPS) is 24.6. The lowest BCUT2D eigenvalue weighted by molar-refractivity contribution is 0.256. The molecule has 0 saturated heterocycles. The van der Waals surface area contributed by atoms with E-state index in [-0.39, 0.29) is 11.5 Å². The van der Waals surface area contributed by atoms with Crippen molar-refractivity contribution in [2.45, 2.75) is 44.1 Å². The van der Waals surface area contributed by atoms with Crippen molar-refractivity contribution in [1.82, 2.24) is 0 Å². The molecule has 2 N–H and O–H groups in total. The zero-order valence-electron chi connectivity index (χ0n) is 18.4. The molecule has 0 aromatic heterocycles. The second-order valence-corrected chi connectivity index (χ2v) is 8.91. The summed E-state index contributed by atoms with van der Waals surface area (Å²) in [6.45, 7) is 5.43. The number of benzene rings is 2. The van der Waals surface area contributed by atoms with Gasteiger partial charge in [0.15, 0.2) is 17.4 Å². The molecule has 1 aliphatic heterocycles. The maximum atomic E-state index is 6.39. The first-order valence-corrected chi connectivity index (χ1v) is 10.7. The van der Waals surface area contributed by atoms with Crippen LogP contribution >= 0.6 is 0 Å². The summed E-state index contributed by atoms with van der Waals surface area (Å²) in [5.41, 5.74) is 10.0. The standard InChI is InChI=1S/C25H32N2O3/c1-25(2)15-30-23(27-25)13-19-18(16-8-6-5-7-9-16)12-20-17(21(19)14-26)10-11-22(28-3)24(20)29-4/h5-11,18-19,21H,12-15,26H2,1-4H3. The van der Waals surface area contributed by atoms with Gasteiger partial charge < -0.3 is 19.9 Å². The summed E-state index contributed by atoms with van der Waals surface area (Å²) in [6.07, 6.45) is 1.66. The van der Waals surface area contributed by atoms with E-state index in [2.05, 4.69) is 50.2 Å². The monoisotopic (exact) mass is 408 g/mol. The number of aliphatic imine (C=N–C) groups is 1. The van der Waals surface area contributed by atoms with Crippen molar-refractivity contribution in [1.29, 1.82) is 0 Å². The third-order valence-corrected chi connectivity index (χ3v) is 6.45. The summed E-state index contributed by atoms with van der Waals surface area (Å²) in [4.78, 5) is 4.84. The molecule has 5 nitrogen and oxygen atoms in total. The Morgan fingerprint density at radius 2 is 1.87 bits per heavy atom. The van der Waals surface area contributed by atoms with E-state index in [1.165, 1.54) is 16.7 Å². The molecule has 1 aliphatic carbocycles. The first-order valence-electron chi connectivity index (χ1n) is 10.7. The summed E-state index contributed by atoms with van der Waals surface area (Å²) in [5, 5.41) is 0. The Bertz CT molecular complexity index is 923. The second-order valence-electron chi connectivity index (χ2n) is 8.91.